The molecule has 1 aromatic carbocycles. The second kappa shape index (κ2) is 10.2. The number of nitrogens with zero attached hydrogens (tertiary/aromatic N) is 8. The predicted octanol–water partition coefficient (Wildman–Crippen LogP) is 4.08. The van der Waals surface area contributed by atoms with Crippen LogP contribution in [0, 0.1) is 17.1 Å². The summed E-state index contributed by atoms with van der Waals surface area (Å²) in [5.41, 5.74) is 2.95. The topological polar surface area (TPSA) is 114 Å². The molecule has 0 aliphatic carbocycles. The molecule has 0 N–H and O–H groups in total. The summed E-state index contributed by atoms with van der Waals surface area (Å²) in [6, 6.07) is 6.93. The molecule has 5 rings (SSSR count). The number of hydrogen-bond acceptors (Lipinski definition) is 8. The van der Waals surface area contributed by atoms with Crippen LogP contribution >= 0.6 is 0 Å². The fraction of sp³-hybridized carbons (Fsp3) is 0.393. The molecule has 0 bridgehead atoms. The summed E-state index contributed by atoms with van der Waals surface area (Å²) in [7, 11) is 5.74. The number of ether oxygens (including phenoxy) is 2. The Hall–Kier alpha value is -4.50. The Morgan fingerprint density at radius 3 is 2.75 bits per heavy atom. The van der Waals surface area contributed by atoms with Crippen LogP contribution < -0.4 is 9.64 Å². The summed E-state index contributed by atoms with van der Waals surface area (Å²) in [6.45, 7) is 6.17. The van der Waals surface area contributed by atoms with Crippen molar-refractivity contribution in [2.45, 2.75) is 45.9 Å². The van der Waals surface area contributed by atoms with Crippen LogP contribution in [0.2, 0.25) is 0 Å². The third kappa shape index (κ3) is 5.20. The van der Waals surface area contributed by atoms with E-state index in [0.717, 1.165) is 11.4 Å². The van der Waals surface area contributed by atoms with Gasteiger partial charge in [-0.15, -0.1) is 0 Å². The van der Waals surface area contributed by atoms with Gasteiger partial charge in [-0.25, -0.2) is 24.1 Å². The smallest absolute Gasteiger partial charge is 0.417 e. The van der Waals surface area contributed by atoms with E-state index in [4.69, 9.17) is 9.47 Å². The summed E-state index contributed by atoms with van der Waals surface area (Å²) < 4.78 is 29.8. The fourth-order valence-electron chi connectivity index (χ4n) is 4.76. The number of aryl methyl sites for hydroxylation is 1. The molecule has 4 aromatic rings. The van der Waals surface area contributed by atoms with E-state index in [1.807, 2.05) is 32.1 Å². The number of anilines is 1. The molecule has 0 fully saturated rings. The number of carbonyl (C=O) groups excluding carboxylic acids is 1. The molecule has 12 heteroatoms. The summed E-state index contributed by atoms with van der Waals surface area (Å²) in [4.78, 5) is 26.0. The van der Waals surface area contributed by atoms with E-state index >= 15 is 4.39 Å². The number of nitriles is 1. The maximum absolute atomic E-state index is 15.2. The molecule has 0 atom stereocenters. The summed E-state index contributed by atoms with van der Waals surface area (Å²) in [6.07, 6.45) is 2.89. The third-order valence-electron chi connectivity index (χ3n) is 6.38. The van der Waals surface area contributed by atoms with Gasteiger partial charge in [0, 0.05) is 37.3 Å². The zero-order chi connectivity index (χ0) is 28.8. The molecule has 40 heavy (non-hydrogen) atoms. The molecule has 11 nitrogen and oxygen atoms in total. The van der Waals surface area contributed by atoms with Gasteiger partial charge in [0.25, 0.3) is 0 Å². The number of hydrogen-bond donors (Lipinski definition) is 0. The normalized spacial score (nSPS) is 12.9. The molecular weight excluding hydrogens is 515 g/mol. The van der Waals surface area contributed by atoms with Crippen LogP contribution in [-0.4, -0.2) is 61.4 Å². The molecule has 1 amide bonds. The highest BCUT2D eigenvalue weighted by atomic mass is 19.1. The maximum Gasteiger partial charge on any atom is 0.417 e. The second-order valence-electron chi connectivity index (χ2n) is 11.0. The summed E-state index contributed by atoms with van der Waals surface area (Å²) in [5, 5.41) is 14.3. The molecule has 4 heterocycles. The lowest BCUT2D eigenvalue weighted by molar-refractivity contribution is 0.0574. The van der Waals surface area contributed by atoms with E-state index in [0.29, 0.717) is 47.7 Å². The number of aromatic nitrogens is 5. The number of amides is 1. The van der Waals surface area contributed by atoms with E-state index in [1.165, 1.54) is 17.2 Å². The number of carbonyl (C=O) groups is 1. The van der Waals surface area contributed by atoms with Gasteiger partial charge in [-0.2, -0.15) is 10.4 Å². The minimum atomic E-state index is -0.820. The Morgan fingerprint density at radius 1 is 1.27 bits per heavy atom. The van der Waals surface area contributed by atoms with Gasteiger partial charge in [-0.3, -0.25) is 9.08 Å². The van der Waals surface area contributed by atoms with Gasteiger partial charge in [0.05, 0.1) is 36.3 Å². The van der Waals surface area contributed by atoms with Crippen LogP contribution in [0.25, 0.3) is 16.9 Å². The van der Waals surface area contributed by atoms with Crippen molar-refractivity contribution in [1.82, 2.24) is 29.0 Å². The molecule has 0 radical (unpaired) electrons. The third-order valence-corrected chi connectivity index (χ3v) is 6.38. The molecule has 3 aromatic heterocycles. The van der Waals surface area contributed by atoms with Crippen LogP contribution in [0.4, 0.5) is 15.1 Å². The van der Waals surface area contributed by atoms with Crippen LogP contribution in [0.3, 0.4) is 0 Å². The van der Waals surface area contributed by atoms with E-state index in [1.54, 1.807) is 42.1 Å². The Morgan fingerprint density at radius 2 is 2.05 bits per heavy atom. The molecule has 1 aliphatic heterocycles. The van der Waals surface area contributed by atoms with Gasteiger partial charge in [-0.05, 0) is 53.1 Å². The number of halogens is 1. The van der Waals surface area contributed by atoms with Crippen LogP contribution in [0.5, 0.6) is 5.75 Å². The van der Waals surface area contributed by atoms with Crippen LogP contribution in [0.1, 0.15) is 43.3 Å². The molecule has 0 unspecified atom stereocenters. The standard InChI is InChI=1S/C28H31FN8O3/c1-28(2,3)40-27(38)37(16-21-19-9-10-39-24(19)8-7-22(21)29)26-31-13-20(25-32-18(12-30)15-36(25)26)23-11-17(14-34(4)5)33-35(23)6/h7-8,11,13,15H,9-10,14,16H2,1-6H3. The predicted molar refractivity (Wildman–Crippen MR) is 145 cm³/mol. The highest BCUT2D eigenvalue weighted by Crippen LogP contribution is 2.33. The Balaban J connectivity index is 1.67. The van der Waals surface area contributed by atoms with E-state index in [-0.39, 0.29) is 18.2 Å². The van der Waals surface area contributed by atoms with Crippen molar-refractivity contribution in [2.75, 3.05) is 25.6 Å². The lowest BCUT2D eigenvalue weighted by atomic mass is 10.0. The summed E-state index contributed by atoms with van der Waals surface area (Å²) in [5.74, 6) is 0.263. The van der Waals surface area contributed by atoms with E-state index in [2.05, 4.69) is 21.1 Å². The second-order valence-corrected chi connectivity index (χ2v) is 11.0. The largest absolute Gasteiger partial charge is 0.493 e. The first-order chi connectivity index (χ1) is 18.9. The lowest BCUT2D eigenvalue weighted by Gasteiger charge is -2.28. The Bertz CT molecular complexity index is 1640. The Labute approximate surface area is 231 Å². The molecular formula is C28H31FN8O3. The van der Waals surface area contributed by atoms with Crippen molar-refractivity contribution in [3.8, 4) is 23.1 Å². The number of rotatable bonds is 6. The average Bonchev–Trinajstić information content (AvgIpc) is 3.60. The minimum absolute atomic E-state index is 0.133. The van der Waals surface area contributed by atoms with E-state index in [9.17, 15) is 10.1 Å². The van der Waals surface area contributed by atoms with Crippen molar-refractivity contribution >= 4 is 17.7 Å². The summed E-state index contributed by atoms with van der Waals surface area (Å²) >= 11 is 0. The van der Waals surface area contributed by atoms with Crippen molar-refractivity contribution in [1.29, 1.82) is 5.26 Å². The highest BCUT2D eigenvalue weighted by molar-refractivity contribution is 5.87. The monoisotopic (exact) mass is 546 g/mol. The van der Waals surface area contributed by atoms with Gasteiger partial charge in [0.15, 0.2) is 11.3 Å². The molecule has 0 spiro atoms. The molecule has 0 saturated heterocycles. The number of benzene rings is 1. The first-order valence-electron chi connectivity index (χ1n) is 12.8. The number of imidazole rings is 1. The van der Waals surface area contributed by atoms with Crippen molar-refractivity contribution in [3.05, 3.63) is 58.9 Å². The van der Waals surface area contributed by atoms with Gasteiger partial charge in [0.1, 0.15) is 23.2 Å². The quantitative estimate of drug-likeness (QED) is 0.356. The zero-order valence-electron chi connectivity index (χ0n) is 23.4. The average molecular weight is 547 g/mol. The molecule has 208 valence electrons. The maximum atomic E-state index is 15.2. The van der Waals surface area contributed by atoms with Crippen LogP contribution in [-0.2, 0) is 31.3 Å². The van der Waals surface area contributed by atoms with Gasteiger partial charge in [0.2, 0.25) is 5.95 Å². The van der Waals surface area contributed by atoms with E-state index < -0.39 is 17.5 Å². The van der Waals surface area contributed by atoms with Crippen molar-refractivity contribution < 1.29 is 18.7 Å². The molecule has 0 saturated carbocycles. The SMILES string of the molecule is CN(C)Cc1cc(-c2cnc(N(Cc3c(F)ccc4c3CCO4)C(=O)OC(C)(C)C)n3cc(C#N)nc23)n(C)n1. The lowest BCUT2D eigenvalue weighted by Crippen LogP contribution is -2.38. The molecule has 1 aliphatic rings. The van der Waals surface area contributed by atoms with Crippen molar-refractivity contribution in [3.63, 3.8) is 0 Å². The fourth-order valence-corrected chi connectivity index (χ4v) is 4.76. The first-order valence-corrected chi connectivity index (χ1v) is 12.8. The van der Waals surface area contributed by atoms with Gasteiger partial charge < -0.3 is 14.4 Å². The van der Waals surface area contributed by atoms with Gasteiger partial charge >= 0.3 is 6.09 Å². The van der Waals surface area contributed by atoms with Crippen molar-refractivity contribution in [2.24, 2.45) is 7.05 Å². The number of fused-ring (bicyclic) bond motifs is 2. The Kier molecular flexibility index (Phi) is 6.93. The minimum Gasteiger partial charge on any atom is -0.493 e. The van der Waals surface area contributed by atoms with Gasteiger partial charge in [-0.1, -0.05) is 0 Å². The first kappa shape index (κ1) is 27.1. The van der Waals surface area contributed by atoms with Crippen LogP contribution in [0.15, 0.2) is 30.6 Å². The zero-order valence-corrected chi connectivity index (χ0v) is 23.4. The highest BCUT2D eigenvalue weighted by Gasteiger charge is 2.31.